The molecule has 0 saturated carbocycles. The lowest BCUT2D eigenvalue weighted by molar-refractivity contribution is 0.0992. The summed E-state index contributed by atoms with van der Waals surface area (Å²) in [6.45, 7) is 0. The minimum atomic E-state index is -0.717. The van der Waals surface area contributed by atoms with Crippen molar-refractivity contribution in [3.63, 3.8) is 0 Å². The molecule has 0 aliphatic rings. The van der Waals surface area contributed by atoms with Crippen LogP contribution in [-0.2, 0) is 6.42 Å². The molecule has 0 aliphatic heterocycles. The average molecular weight is 272 g/mol. The van der Waals surface area contributed by atoms with Crippen molar-refractivity contribution in [3.05, 3.63) is 71.5 Å². The summed E-state index contributed by atoms with van der Waals surface area (Å²) in [7, 11) is 0. The Hall–Kier alpha value is -2.49. The van der Waals surface area contributed by atoms with Gasteiger partial charge in [-0.2, -0.15) is 0 Å². The van der Waals surface area contributed by atoms with E-state index in [-0.39, 0.29) is 17.8 Å². The molecular formula is C16H10F2O2. The van der Waals surface area contributed by atoms with Gasteiger partial charge in [0.2, 0.25) is 0 Å². The zero-order valence-corrected chi connectivity index (χ0v) is 10.4. The molecule has 1 aromatic heterocycles. The molecular weight excluding hydrogens is 262 g/mol. The Kier molecular flexibility index (Phi) is 3.06. The topological polar surface area (TPSA) is 30.2 Å². The van der Waals surface area contributed by atoms with Crippen molar-refractivity contribution in [3.8, 4) is 0 Å². The van der Waals surface area contributed by atoms with E-state index in [4.69, 9.17) is 4.42 Å². The molecule has 20 heavy (non-hydrogen) atoms. The van der Waals surface area contributed by atoms with Crippen molar-refractivity contribution in [2.45, 2.75) is 6.42 Å². The van der Waals surface area contributed by atoms with Gasteiger partial charge in [-0.1, -0.05) is 24.3 Å². The minimum Gasteiger partial charge on any atom is -0.464 e. The maximum Gasteiger partial charge on any atom is 0.171 e. The highest BCUT2D eigenvalue weighted by molar-refractivity contribution is 6.07. The first-order chi connectivity index (χ1) is 9.65. The number of ketones is 1. The molecule has 0 saturated heterocycles. The Balaban J connectivity index is 1.93. The molecule has 0 spiro atoms. The van der Waals surface area contributed by atoms with Crippen LogP contribution in [0.1, 0.15) is 15.9 Å². The second kappa shape index (κ2) is 4.89. The van der Waals surface area contributed by atoms with Crippen LogP contribution < -0.4 is 0 Å². The van der Waals surface area contributed by atoms with Crippen LogP contribution in [0.2, 0.25) is 0 Å². The highest BCUT2D eigenvalue weighted by Gasteiger charge is 2.16. The summed E-state index contributed by atoms with van der Waals surface area (Å²) in [6, 6.07) is 10.3. The molecule has 0 amide bonds. The maximum absolute atomic E-state index is 13.6. The number of halogens is 2. The fourth-order valence-corrected chi connectivity index (χ4v) is 2.13. The van der Waals surface area contributed by atoms with E-state index in [0.29, 0.717) is 16.5 Å². The van der Waals surface area contributed by atoms with E-state index in [1.165, 1.54) is 12.3 Å². The number of fused-ring (bicyclic) bond motifs is 1. The monoisotopic (exact) mass is 272 g/mol. The van der Waals surface area contributed by atoms with E-state index in [1.54, 1.807) is 24.3 Å². The van der Waals surface area contributed by atoms with Crippen LogP contribution in [0.15, 0.2) is 53.1 Å². The number of furan rings is 1. The standard InChI is InChI=1S/C16H10F2O2/c17-11-6-5-10(14(18)8-11)7-15(19)13-9-20-16-4-2-1-3-12(13)16/h1-6,8-9H,7H2. The second-order valence-electron chi connectivity index (χ2n) is 4.48. The van der Waals surface area contributed by atoms with Crippen molar-refractivity contribution in [1.29, 1.82) is 0 Å². The van der Waals surface area contributed by atoms with E-state index in [2.05, 4.69) is 0 Å². The lowest BCUT2D eigenvalue weighted by Gasteiger charge is -2.02. The number of rotatable bonds is 3. The van der Waals surface area contributed by atoms with Gasteiger partial charge in [-0.15, -0.1) is 0 Å². The first-order valence-corrected chi connectivity index (χ1v) is 6.08. The minimum absolute atomic E-state index is 0.129. The molecule has 3 rings (SSSR count). The number of hydrogen-bond donors (Lipinski definition) is 0. The fourth-order valence-electron chi connectivity index (χ4n) is 2.13. The Morgan fingerprint density at radius 2 is 1.90 bits per heavy atom. The van der Waals surface area contributed by atoms with Crippen molar-refractivity contribution in [2.24, 2.45) is 0 Å². The molecule has 0 N–H and O–H groups in total. The van der Waals surface area contributed by atoms with Gasteiger partial charge in [0.05, 0.1) is 5.56 Å². The Morgan fingerprint density at radius 1 is 1.10 bits per heavy atom. The number of benzene rings is 2. The number of Topliss-reactive ketones (excluding diaryl/α,β-unsaturated/α-hetero) is 1. The van der Waals surface area contributed by atoms with Gasteiger partial charge in [-0.05, 0) is 17.7 Å². The summed E-state index contributed by atoms with van der Waals surface area (Å²) >= 11 is 0. The van der Waals surface area contributed by atoms with Gasteiger partial charge in [0.1, 0.15) is 23.5 Å². The van der Waals surface area contributed by atoms with Crippen molar-refractivity contribution in [1.82, 2.24) is 0 Å². The molecule has 0 aliphatic carbocycles. The average Bonchev–Trinajstić information content (AvgIpc) is 2.86. The predicted molar refractivity (Wildman–Crippen MR) is 70.6 cm³/mol. The molecule has 0 atom stereocenters. The van der Waals surface area contributed by atoms with Crippen molar-refractivity contribution in [2.75, 3.05) is 0 Å². The molecule has 0 bridgehead atoms. The van der Waals surface area contributed by atoms with Gasteiger partial charge in [0, 0.05) is 17.9 Å². The summed E-state index contributed by atoms with van der Waals surface area (Å²) in [6.07, 6.45) is 1.24. The van der Waals surface area contributed by atoms with Crippen molar-refractivity contribution < 1.29 is 18.0 Å². The van der Waals surface area contributed by atoms with Crippen LogP contribution >= 0.6 is 0 Å². The summed E-state index contributed by atoms with van der Waals surface area (Å²) in [5, 5.41) is 0.694. The molecule has 100 valence electrons. The lowest BCUT2D eigenvalue weighted by atomic mass is 10.0. The van der Waals surface area contributed by atoms with Gasteiger partial charge in [0.25, 0.3) is 0 Å². The predicted octanol–water partition coefficient (Wildman–Crippen LogP) is 4.14. The number of hydrogen-bond acceptors (Lipinski definition) is 2. The summed E-state index contributed by atoms with van der Waals surface area (Å²) in [5.41, 5.74) is 1.18. The van der Waals surface area contributed by atoms with Crippen LogP contribution in [-0.4, -0.2) is 5.78 Å². The molecule has 0 radical (unpaired) electrons. The fraction of sp³-hybridized carbons (Fsp3) is 0.0625. The molecule has 4 heteroatoms. The molecule has 2 aromatic carbocycles. The first kappa shape index (κ1) is 12.5. The Morgan fingerprint density at radius 3 is 2.70 bits per heavy atom. The van der Waals surface area contributed by atoms with E-state index < -0.39 is 11.6 Å². The zero-order chi connectivity index (χ0) is 14.1. The van der Waals surface area contributed by atoms with Crippen LogP contribution in [0, 0.1) is 11.6 Å². The maximum atomic E-state index is 13.6. The van der Waals surface area contributed by atoms with Gasteiger partial charge in [0.15, 0.2) is 5.78 Å². The highest BCUT2D eigenvalue weighted by Crippen LogP contribution is 2.22. The Labute approximate surface area is 113 Å². The van der Waals surface area contributed by atoms with Gasteiger partial charge in [-0.3, -0.25) is 4.79 Å². The molecule has 2 nitrogen and oxygen atoms in total. The largest absolute Gasteiger partial charge is 0.464 e. The zero-order valence-electron chi connectivity index (χ0n) is 10.4. The molecule has 1 heterocycles. The summed E-state index contributed by atoms with van der Waals surface area (Å²) in [4.78, 5) is 12.2. The molecule has 0 fully saturated rings. The van der Waals surface area contributed by atoms with E-state index in [1.807, 2.05) is 0 Å². The quantitative estimate of drug-likeness (QED) is 0.671. The summed E-state index contributed by atoms with van der Waals surface area (Å²) < 4.78 is 31.7. The van der Waals surface area contributed by atoms with E-state index in [0.717, 1.165) is 12.1 Å². The third kappa shape index (κ3) is 2.20. The molecule has 3 aromatic rings. The third-order valence-corrected chi connectivity index (χ3v) is 3.15. The van der Waals surface area contributed by atoms with E-state index in [9.17, 15) is 13.6 Å². The van der Waals surface area contributed by atoms with Crippen molar-refractivity contribution >= 4 is 16.8 Å². The number of para-hydroxylation sites is 1. The van der Waals surface area contributed by atoms with Crippen LogP contribution in [0.3, 0.4) is 0 Å². The normalized spacial score (nSPS) is 10.9. The number of carbonyl (C=O) groups excluding carboxylic acids is 1. The Bertz CT molecular complexity index is 790. The summed E-state index contributed by atoms with van der Waals surface area (Å²) in [5.74, 6) is -1.64. The highest BCUT2D eigenvalue weighted by atomic mass is 19.1. The first-order valence-electron chi connectivity index (χ1n) is 6.08. The van der Waals surface area contributed by atoms with Gasteiger partial charge in [-0.25, -0.2) is 8.78 Å². The number of carbonyl (C=O) groups is 1. The van der Waals surface area contributed by atoms with Crippen LogP contribution in [0.5, 0.6) is 0 Å². The smallest absolute Gasteiger partial charge is 0.171 e. The van der Waals surface area contributed by atoms with Crippen LogP contribution in [0.4, 0.5) is 8.78 Å². The van der Waals surface area contributed by atoms with E-state index >= 15 is 0 Å². The van der Waals surface area contributed by atoms with Crippen LogP contribution in [0.25, 0.3) is 11.0 Å². The third-order valence-electron chi connectivity index (χ3n) is 3.15. The molecule has 0 unspecified atom stereocenters. The second-order valence-corrected chi connectivity index (χ2v) is 4.48. The lowest BCUT2D eigenvalue weighted by Crippen LogP contribution is -2.04. The SMILES string of the molecule is O=C(Cc1ccc(F)cc1F)c1coc2ccccc12. The van der Waals surface area contributed by atoms with Gasteiger partial charge < -0.3 is 4.42 Å². The van der Waals surface area contributed by atoms with Gasteiger partial charge >= 0.3 is 0 Å².